The fraction of sp³-hybridized carbons (Fsp3) is 0.500. The number of carboxylic acids is 1. The summed E-state index contributed by atoms with van der Waals surface area (Å²) in [5.41, 5.74) is -1.69. The van der Waals surface area contributed by atoms with Crippen molar-refractivity contribution in [1.82, 2.24) is 10.2 Å². The summed E-state index contributed by atoms with van der Waals surface area (Å²) >= 11 is 0. The van der Waals surface area contributed by atoms with Crippen LogP contribution in [0.5, 0.6) is 0 Å². The second kappa shape index (κ2) is 6.74. The first-order chi connectivity index (χ1) is 11.5. The number of aliphatic carboxylic acids is 1. The quantitative estimate of drug-likeness (QED) is 0.873. The summed E-state index contributed by atoms with van der Waals surface area (Å²) < 4.78 is 5.32. The SMILES string of the molecule is CC(C)(C)OC(=O)N1C[C@@H](NC(=O)c2ccccc2)C[C@@]1(C)C(=O)O. The molecule has 0 unspecified atom stereocenters. The van der Waals surface area contributed by atoms with Gasteiger partial charge in [0.2, 0.25) is 0 Å². The van der Waals surface area contributed by atoms with Gasteiger partial charge in [0.05, 0.1) is 0 Å². The molecule has 0 aromatic heterocycles. The van der Waals surface area contributed by atoms with Crippen LogP contribution in [0.25, 0.3) is 0 Å². The molecule has 1 saturated heterocycles. The molecule has 7 heteroatoms. The summed E-state index contributed by atoms with van der Waals surface area (Å²) in [6.07, 6.45) is -0.589. The van der Waals surface area contributed by atoms with E-state index in [1.165, 1.54) is 11.8 Å². The highest BCUT2D eigenvalue weighted by atomic mass is 16.6. The molecule has 25 heavy (non-hydrogen) atoms. The van der Waals surface area contributed by atoms with Crippen LogP contribution in [-0.4, -0.2) is 51.7 Å². The molecule has 1 aliphatic rings. The first kappa shape index (κ1) is 18.8. The van der Waals surface area contributed by atoms with E-state index in [1.54, 1.807) is 51.1 Å². The van der Waals surface area contributed by atoms with Crippen molar-refractivity contribution < 1.29 is 24.2 Å². The van der Waals surface area contributed by atoms with Gasteiger partial charge < -0.3 is 15.2 Å². The summed E-state index contributed by atoms with van der Waals surface area (Å²) in [6.45, 7) is 6.69. The Kier molecular flexibility index (Phi) is 5.06. The summed E-state index contributed by atoms with van der Waals surface area (Å²) in [5.74, 6) is -1.43. The van der Waals surface area contributed by atoms with Gasteiger partial charge in [-0.25, -0.2) is 9.59 Å². The van der Waals surface area contributed by atoms with Gasteiger partial charge in [0.25, 0.3) is 5.91 Å². The maximum atomic E-state index is 12.4. The van der Waals surface area contributed by atoms with Crippen LogP contribution in [0.4, 0.5) is 4.79 Å². The van der Waals surface area contributed by atoms with Crippen molar-refractivity contribution in [2.45, 2.75) is 51.3 Å². The zero-order valence-corrected chi connectivity index (χ0v) is 14.9. The number of ether oxygens (including phenoxy) is 1. The Morgan fingerprint density at radius 1 is 1.24 bits per heavy atom. The third-order valence-corrected chi connectivity index (χ3v) is 4.09. The normalized spacial score (nSPS) is 23.2. The molecule has 1 fully saturated rings. The number of benzene rings is 1. The molecule has 0 aliphatic carbocycles. The Hall–Kier alpha value is -2.57. The lowest BCUT2D eigenvalue weighted by Crippen LogP contribution is -2.52. The molecule has 1 aromatic rings. The highest BCUT2D eigenvalue weighted by Gasteiger charge is 2.51. The first-order valence-corrected chi connectivity index (χ1v) is 8.13. The van der Waals surface area contributed by atoms with Crippen LogP contribution >= 0.6 is 0 Å². The average Bonchev–Trinajstić information content (AvgIpc) is 2.84. The number of amides is 2. The average molecular weight is 348 g/mol. The number of carboxylic acid groups (broad SMARTS) is 1. The van der Waals surface area contributed by atoms with E-state index in [2.05, 4.69) is 5.32 Å². The molecule has 7 nitrogen and oxygen atoms in total. The molecule has 136 valence electrons. The van der Waals surface area contributed by atoms with Gasteiger partial charge in [0, 0.05) is 24.6 Å². The molecule has 1 aromatic carbocycles. The van der Waals surface area contributed by atoms with Crippen molar-refractivity contribution >= 4 is 18.0 Å². The van der Waals surface area contributed by atoms with Gasteiger partial charge in [-0.1, -0.05) is 18.2 Å². The number of carbonyl (C=O) groups is 3. The van der Waals surface area contributed by atoms with Crippen LogP contribution in [0.2, 0.25) is 0 Å². The van der Waals surface area contributed by atoms with Crippen molar-refractivity contribution in [1.29, 1.82) is 0 Å². The van der Waals surface area contributed by atoms with Crippen LogP contribution in [0, 0.1) is 0 Å². The summed E-state index contributed by atoms with van der Waals surface area (Å²) in [6, 6.07) is 8.17. The van der Waals surface area contributed by atoms with E-state index in [1.807, 2.05) is 0 Å². The highest BCUT2D eigenvalue weighted by Crippen LogP contribution is 2.31. The topological polar surface area (TPSA) is 95.9 Å². The smallest absolute Gasteiger partial charge is 0.411 e. The number of rotatable bonds is 3. The van der Waals surface area contributed by atoms with Gasteiger partial charge in [-0.2, -0.15) is 0 Å². The Morgan fingerprint density at radius 3 is 2.36 bits per heavy atom. The van der Waals surface area contributed by atoms with Gasteiger partial charge in [0.15, 0.2) is 0 Å². The maximum Gasteiger partial charge on any atom is 0.411 e. The number of likely N-dealkylation sites (tertiary alicyclic amines) is 1. The molecule has 2 rings (SSSR count). The van der Waals surface area contributed by atoms with E-state index in [0.717, 1.165) is 0 Å². The Labute approximate surface area is 147 Å². The van der Waals surface area contributed by atoms with Gasteiger partial charge in [-0.05, 0) is 39.8 Å². The van der Waals surface area contributed by atoms with E-state index in [-0.39, 0.29) is 18.9 Å². The number of carbonyl (C=O) groups excluding carboxylic acids is 2. The maximum absolute atomic E-state index is 12.4. The van der Waals surface area contributed by atoms with E-state index in [0.29, 0.717) is 5.56 Å². The minimum atomic E-state index is -1.43. The fourth-order valence-corrected chi connectivity index (χ4v) is 2.83. The molecule has 2 N–H and O–H groups in total. The van der Waals surface area contributed by atoms with E-state index in [4.69, 9.17) is 4.74 Å². The third-order valence-electron chi connectivity index (χ3n) is 4.09. The molecule has 0 saturated carbocycles. The largest absolute Gasteiger partial charge is 0.480 e. The number of hydrogen-bond donors (Lipinski definition) is 2. The molecule has 1 aliphatic heterocycles. The Bertz CT molecular complexity index is 668. The van der Waals surface area contributed by atoms with Crippen LogP contribution < -0.4 is 5.32 Å². The Balaban J connectivity index is 2.15. The fourth-order valence-electron chi connectivity index (χ4n) is 2.83. The molecule has 1 heterocycles. The number of nitrogens with zero attached hydrogens (tertiary/aromatic N) is 1. The molecule has 2 amide bonds. The highest BCUT2D eigenvalue weighted by molar-refractivity contribution is 5.94. The number of hydrogen-bond acceptors (Lipinski definition) is 4. The van der Waals surface area contributed by atoms with Gasteiger partial charge in [0.1, 0.15) is 11.1 Å². The molecule has 0 bridgehead atoms. The van der Waals surface area contributed by atoms with E-state index < -0.39 is 29.2 Å². The first-order valence-electron chi connectivity index (χ1n) is 8.13. The standard InChI is InChI=1S/C18H24N2O5/c1-17(2,3)25-16(24)20-11-13(10-18(20,4)15(22)23)19-14(21)12-8-6-5-7-9-12/h5-9,13H,10-11H2,1-4H3,(H,19,21)(H,22,23)/t13-,18-/m0/s1. The predicted molar refractivity (Wildman–Crippen MR) is 91.3 cm³/mol. The second-order valence-corrected chi connectivity index (χ2v) is 7.41. The molecular weight excluding hydrogens is 324 g/mol. The van der Waals surface area contributed by atoms with Gasteiger partial charge in [-0.3, -0.25) is 9.69 Å². The lowest BCUT2D eigenvalue weighted by Gasteiger charge is -2.32. The van der Waals surface area contributed by atoms with Crippen LogP contribution in [0.1, 0.15) is 44.5 Å². The Morgan fingerprint density at radius 2 is 1.84 bits per heavy atom. The predicted octanol–water partition coefficient (Wildman–Crippen LogP) is 2.27. The third kappa shape index (κ3) is 4.29. The van der Waals surface area contributed by atoms with Crippen LogP contribution in [-0.2, 0) is 9.53 Å². The monoisotopic (exact) mass is 348 g/mol. The molecule has 2 atom stereocenters. The molecule has 0 radical (unpaired) electrons. The second-order valence-electron chi connectivity index (χ2n) is 7.41. The van der Waals surface area contributed by atoms with E-state index in [9.17, 15) is 19.5 Å². The zero-order valence-electron chi connectivity index (χ0n) is 14.9. The zero-order chi connectivity index (χ0) is 18.8. The lowest BCUT2D eigenvalue weighted by molar-refractivity contribution is -0.148. The molecule has 0 spiro atoms. The minimum absolute atomic E-state index is 0.0796. The van der Waals surface area contributed by atoms with Crippen molar-refractivity contribution in [3.8, 4) is 0 Å². The van der Waals surface area contributed by atoms with Gasteiger partial charge in [-0.15, -0.1) is 0 Å². The van der Waals surface area contributed by atoms with Crippen molar-refractivity contribution in [3.05, 3.63) is 35.9 Å². The van der Waals surface area contributed by atoms with Crippen LogP contribution in [0.3, 0.4) is 0 Å². The van der Waals surface area contributed by atoms with Crippen molar-refractivity contribution in [2.75, 3.05) is 6.54 Å². The summed E-state index contributed by atoms with van der Waals surface area (Å²) in [7, 11) is 0. The molecular formula is C18H24N2O5. The van der Waals surface area contributed by atoms with E-state index >= 15 is 0 Å². The number of nitrogens with one attached hydrogen (secondary N) is 1. The van der Waals surface area contributed by atoms with Crippen molar-refractivity contribution in [3.63, 3.8) is 0 Å². The van der Waals surface area contributed by atoms with Crippen LogP contribution in [0.15, 0.2) is 30.3 Å². The summed E-state index contributed by atoms with van der Waals surface area (Å²) in [5, 5.41) is 12.4. The van der Waals surface area contributed by atoms with Crippen molar-refractivity contribution in [2.24, 2.45) is 0 Å². The lowest BCUT2D eigenvalue weighted by atomic mass is 9.97. The summed E-state index contributed by atoms with van der Waals surface area (Å²) in [4.78, 5) is 37.6. The van der Waals surface area contributed by atoms with Gasteiger partial charge >= 0.3 is 12.1 Å². The minimum Gasteiger partial charge on any atom is -0.480 e.